The number of Topliss-reactive ketones (excluding diaryl/α,β-unsaturated/α-hetero) is 2. The second-order valence-corrected chi connectivity index (χ2v) is 8.41. The zero-order valence-electron chi connectivity index (χ0n) is 23.0. The van der Waals surface area contributed by atoms with Crippen LogP contribution in [-0.4, -0.2) is 70.2 Å². The molecule has 0 saturated heterocycles. The average molecular weight is 550 g/mol. The van der Waals surface area contributed by atoms with E-state index < -0.39 is 17.5 Å². The van der Waals surface area contributed by atoms with Crippen molar-refractivity contribution in [2.45, 2.75) is 6.92 Å². The number of rotatable bonds is 8. The number of fused-ring (bicyclic) bond motifs is 1. The molecule has 2 N–H and O–H groups in total. The minimum absolute atomic E-state index is 0.0420. The molecule has 0 saturated carbocycles. The molecular weight excluding hydrogens is 522 g/mol. The quantitative estimate of drug-likeness (QED) is 0.323. The maximum Gasteiger partial charge on any atom is 0.356 e. The van der Waals surface area contributed by atoms with Gasteiger partial charge in [0.15, 0.2) is 23.0 Å². The Morgan fingerprint density at radius 3 is 1.95 bits per heavy atom. The van der Waals surface area contributed by atoms with E-state index in [2.05, 4.69) is 9.97 Å². The number of nitrogen functional groups attached to an aromatic ring is 1. The zero-order valence-corrected chi connectivity index (χ0v) is 23.0. The minimum Gasteiger partial charge on any atom is -0.493 e. The first-order valence-corrected chi connectivity index (χ1v) is 11.8. The topological polar surface area (TPSA) is 158 Å². The highest BCUT2D eigenvalue weighted by atomic mass is 16.5. The van der Waals surface area contributed by atoms with E-state index in [0.29, 0.717) is 33.9 Å². The number of hydrogen-bond donors (Lipinski definition) is 1. The van der Waals surface area contributed by atoms with Gasteiger partial charge < -0.3 is 34.2 Å². The van der Waals surface area contributed by atoms with Gasteiger partial charge in [-0.05, 0) is 36.8 Å². The van der Waals surface area contributed by atoms with Gasteiger partial charge in [0, 0.05) is 11.1 Å². The van der Waals surface area contributed by atoms with Crippen molar-refractivity contribution in [1.29, 1.82) is 0 Å². The number of allylic oxidation sites excluding steroid dienone is 1. The number of aromatic nitrogens is 2. The van der Waals surface area contributed by atoms with Crippen LogP contribution in [0.15, 0.2) is 30.0 Å². The predicted octanol–water partition coefficient (Wildman–Crippen LogP) is 3.24. The lowest BCUT2D eigenvalue weighted by Crippen LogP contribution is -2.27. The summed E-state index contributed by atoms with van der Waals surface area (Å²) in [6.07, 6.45) is 0. The fourth-order valence-electron chi connectivity index (χ4n) is 4.60. The van der Waals surface area contributed by atoms with Gasteiger partial charge in [-0.1, -0.05) is 0 Å². The average Bonchev–Trinajstić information content (AvgIpc) is 2.97. The Hall–Kier alpha value is -5.13. The Bertz CT molecular complexity index is 1590. The summed E-state index contributed by atoms with van der Waals surface area (Å²) in [5, 5.41) is 0. The third-order valence-electron chi connectivity index (χ3n) is 6.46. The molecule has 0 unspecified atom stereocenters. The van der Waals surface area contributed by atoms with Crippen molar-refractivity contribution in [3.8, 4) is 39.8 Å². The Kier molecular flexibility index (Phi) is 7.62. The highest BCUT2D eigenvalue weighted by Crippen LogP contribution is 2.48. The van der Waals surface area contributed by atoms with Crippen molar-refractivity contribution < 1.29 is 42.8 Å². The SMILES string of the molecule is COC(=O)c1nc(-c2ccc3c(n2)C(=O)C(=O)C(OC)=C3OC)c(N)c(-c2ccc(OC)c(OC)c2OC)c1C. The largest absolute Gasteiger partial charge is 0.493 e. The third kappa shape index (κ3) is 4.23. The lowest BCUT2D eigenvalue weighted by Gasteiger charge is -2.21. The van der Waals surface area contributed by atoms with Crippen molar-refractivity contribution in [3.05, 3.63) is 52.5 Å². The van der Waals surface area contributed by atoms with Crippen LogP contribution < -0.4 is 19.9 Å². The van der Waals surface area contributed by atoms with Crippen LogP contribution in [0.5, 0.6) is 17.2 Å². The first-order valence-electron chi connectivity index (χ1n) is 11.8. The highest BCUT2D eigenvalue weighted by Gasteiger charge is 2.37. The van der Waals surface area contributed by atoms with Gasteiger partial charge in [0.25, 0.3) is 11.6 Å². The standard InChI is InChI=1S/C28H27N3O9/c1-12-17(13-9-11-16(35-2)26(38-5)24(13)36-3)18(29)21(31-19(12)28(34)40-7)15-10-8-14-20(30-15)22(32)23(33)27(39-6)25(14)37-4/h8-11H,29H2,1-7H3. The number of nitrogens with zero attached hydrogens (tertiary/aromatic N) is 2. The highest BCUT2D eigenvalue weighted by molar-refractivity contribution is 6.51. The van der Waals surface area contributed by atoms with Gasteiger partial charge in [-0.2, -0.15) is 0 Å². The molecule has 208 valence electrons. The number of carbonyl (C=O) groups excluding carboxylic acids is 3. The Morgan fingerprint density at radius 2 is 1.38 bits per heavy atom. The summed E-state index contributed by atoms with van der Waals surface area (Å²) in [7, 11) is 8.25. The van der Waals surface area contributed by atoms with Crippen molar-refractivity contribution in [2.24, 2.45) is 0 Å². The number of anilines is 1. The summed E-state index contributed by atoms with van der Waals surface area (Å²) in [5.74, 6) is -1.66. The first kappa shape index (κ1) is 27.9. The van der Waals surface area contributed by atoms with Gasteiger partial charge in [-0.25, -0.2) is 14.8 Å². The zero-order chi connectivity index (χ0) is 29.3. The number of esters is 1. The van der Waals surface area contributed by atoms with Crippen LogP contribution in [0, 0.1) is 6.92 Å². The van der Waals surface area contributed by atoms with Crippen LogP contribution in [0.25, 0.3) is 28.3 Å². The molecule has 40 heavy (non-hydrogen) atoms. The fraction of sp³-hybridized carbons (Fsp3) is 0.250. The molecule has 12 nitrogen and oxygen atoms in total. The summed E-state index contributed by atoms with van der Waals surface area (Å²) < 4.78 is 32.0. The van der Waals surface area contributed by atoms with E-state index in [4.69, 9.17) is 34.2 Å². The number of ether oxygens (including phenoxy) is 6. The summed E-state index contributed by atoms with van der Waals surface area (Å²) in [5.41, 5.74) is 8.32. The smallest absolute Gasteiger partial charge is 0.356 e. The minimum atomic E-state index is -0.910. The van der Waals surface area contributed by atoms with Crippen molar-refractivity contribution >= 4 is 29.0 Å². The maximum absolute atomic E-state index is 12.9. The number of methoxy groups -OCH3 is 6. The van der Waals surface area contributed by atoms with E-state index in [1.165, 1.54) is 48.7 Å². The fourth-order valence-corrected chi connectivity index (χ4v) is 4.60. The van der Waals surface area contributed by atoms with Crippen molar-refractivity contribution in [3.63, 3.8) is 0 Å². The lowest BCUT2D eigenvalue weighted by atomic mass is 9.93. The van der Waals surface area contributed by atoms with E-state index in [0.717, 1.165) is 0 Å². The van der Waals surface area contributed by atoms with Gasteiger partial charge in [0.2, 0.25) is 11.5 Å². The molecule has 12 heteroatoms. The van der Waals surface area contributed by atoms with Crippen LogP contribution >= 0.6 is 0 Å². The van der Waals surface area contributed by atoms with Crippen molar-refractivity contribution in [1.82, 2.24) is 9.97 Å². The molecule has 0 atom stereocenters. The van der Waals surface area contributed by atoms with Gasteiger partial charge in [0.05, 0.1) is 59.6 Å². The van der Waals surface area contributed by atoms with Gasteiger partial charge in [-0.3, -0.25) is 9.59 Å². The molecule has 4 rings (SSSR count). The molecule has 1 aromatic carbocycles. The van der Waals surface area contributed by atoms with E-state index in [1.54, 1.807) is 25.1 Å². The van der Waals surface area contributed by atoms with Gasteiger partial charge in [0.1, 0.15) is 11.4 Å². The van der Waals surface area contributed by atoms with E-state index in [-0.39, 0.29) is 45.5 Å². The Labute approximate surface area is 229 Å². The van der Waals surface area contributed by atoms with Crippen LogP contribution in [-0.2, 0) is 19.0 Å². The molecular formula is C28H27N3O9. The Balaban J connectivity index is 2.06. The summed E-state index contributed by atoms with van der Waals surface area (Å²) >= 11 is 0. The molecule has 2 heterocycles. The molecule has 1 aliphatic carbocycles. The number of carbonyl (C=O) groups is 3. The number of pyridine rings is 2. The van der Waals surface area contributed by atoms with Crippen molar-refractivity contribution in [2.75, 3.05) is 48.4 Å². The van der Waals surface area contributed by atoms with E-state index in [9.17, 15) is 14.4 Å². The molecule has 0 bridgehead atoms. The molecule has 2 aromatic heterocycles. The molecule has 3 aromatic rings. The van der Waals surface area contributed by atoms with Gasteiger partial charge >= 0.3 is 5.97 Å². The number of hydrogen-bond acceptors (Lipinski definition) is 12. The maximum atomic E-state index is 12.9. The third-order valence-corrected chi connectivity index (χ3v) is 6.46. The van der Waals surface area contributed by atoms with E-state index >= 15 is 0 Å². The predicted molar refractivity (Wildman–Crippen MR) is 143 cm³/mol. The Morgan fingerprint density at radius 1 is 0.725 bits per heavy atom. The first-order chi connectivity index (χ1) is 19.2. The van der Waals surface area contributed by atoms with Crippen LogP contribution in [0.4, 0.5) is 5.69 Å². The number of ketones is 2. The van der Waals surface area contributed by atoms with Gasteiger partial charge in [-0.15, -0.1) is 0 Å². The molecule has 0 radical (unpaired) electrons. The number of benzene rings is 1. The summed E-state index contributed by atoms with van der Waals surface area (Å²) in [4.78, 5) is 47.3. The lowest BCUT2D eigenvalue weighted by molar-refractivity contribution is -0.114. The molecule has 1 aliphatic rings. The molecule has 0 fully saturated rings. The van der Waals surface area contributed by atoms with Crippen LogP contribution in [0.2, 0.25) is 0 Å². The molecule has 0 spiro atoms. The normalized spacial score (nSPS) is 12.6. The number of nitrogens with two attached hydrogens (primary N) is 1. The summed E-state index contributed by atoms with van der Waals surface area (Å²) in [6, 6.07) is 6.45. The molecule has 0 aliphatic heterocycles. The monoisotopic (exact) mass is 549 g/mol. The van der Waals surface area contributed by atoms with Crippen LogP contribution in [0.1, 0.15) is 32.1 Å². The van der Waals surface area contributed by atoms with Crippen LogP contribution in [0.3, 0.4) is 0 Å². The molecule has 0 amide bonds. The second-order valence-electron chi connectivity index (χ2n) is 8.41. The summed E-state index contributed by atoms with van der Waals surface area (Å²) in [6.45, 7) is 1.66. The van der Waals surface area contributed by atoms with E-state index in [1.807, 2.05) is 0 Å². The second kappa shape index (κ2) is 10.9.